The molecule has 0 saturated heterocycles. The van der Waals surface area contributed by atoms with Gasteiger partial charge >= 0.3 is 12.1 Å². The third-order valence-corrected chi connectivity index (χ3v) is 1.65. The Morgan fingerprint density at radius 1 is 1.12 bits per heavy atom. The van der Waals surface area contributed by atoms with Gasteiger partial charge < -0.3 is 25.6 Å². The van der Waals surface area contributed by atoms with Crippen molar-refractivity contribution in [3.05, 3.63) is 0 Å². The minimum absolute atomic E-state index is 0.0267. The van der Waals surface area contributed by atoms with E-state index in [0.717, 1.165) is 0 Å². The fourth-order valence-electron chi connectivity index (χ4n) is 0.863. The van der Waals surface area contributed by atoms with Gasteiger partial charge in [-0.25, -0.2) is 4.79 Å². The van der Waals surface area contributed by atoms with Gasteiger partial charge in [0.05, 0.1) is 13.3 Å². The van der Waals surface area contributed by atoms with Crippen molar-refractivity contribution in [1.82, 2.24) is 10.6 Å². The van der Waals surface area contributed by atoms with Crippen LogP contribution in [0, 0.1) is 0 Å². The average Bonchev–Trinajstić information content (AvgIpc) is 2.23. The van der Waals surface area contributed by atoms with Crippen LogP contribution in [0.2, 0.25) is 0 Å². The summed E-state index contributed by atoms with van der Waals surface area (Å²) in [5.74, 6) is -1.30. The van der Waals surface area contributed by atoms with Gasteiger partial charge in [0.25, 0.3) is 0 Å². The monoisotopic (exact) mass is 248 g/mol. The fraction of sp³-hybridized carbons (Fsp3) is 0.667. The highest BCUT2D eigenvalue weighted by Crippen LogP contribution is 1.92. The molecule has 0 aromatic rings. The molecule has 0 unspecified atom stereocenters. The molecule has 0 bridgehead atoms. The molecule has 0 atom stereocenters. The molecule has 98 valence electrons. The molecular formula is C9H16N2O6. The van der Waals surface area contributed by atoms with E-state index in [9.17, 15) is 14.4 Å². The molecule has 0 heterocycles. The smallest absolute Gasteiger partial charge is 0.406 e. The number of carbonyl (C=O) groups excluding carboxylic acids is 2. The van der Waals surface area contributed by atoms with Gasteiger partial charge in [0.15, 0.2) is 0 Å². The SMILES string of the molecule is O=C(O)NCNC(=O)CC(=O)OCCCCO. The number of nitrogens with one attached hydrogen (secondary N) is 2. The van der Waals surface area contributed by atoms with Gasteiger partial charge in [-0.15, -0.1) is 0 Å². The number of carbonyl (C=O) groups is 3. The summed E-state index contributed by atoms with van der Waals surface area (Å²) in [4.78, 5) is 32.1. The van der Waals surface area contributed by atoms with Gasteiger partial charge in [-0.2, -0.15) is 0 Å². The second-order valence-electron chi connectivity index (χ2n) is 3.09. The van der Waals surface area contributed by atoms with E-state index in [1.54, 1.807) is 0 Å². The van der Waals surface area contributed by atoms with Crippen LogP contribution < -0.4 is 10.6 Å². The van der Waals surface area contributed by atoms with Crippen LogP contribution in [0.15, 0.2) is 0 Å². The minimum atomic E-state index is -1.27. The highest BCUT2D eigenvalue weighted by atomic mass is 16.5. The highest BCUT2D eigenvalue weighted by Gasteiger charge is 2.10. The molecule has 4 N–H and O–H groups in total. The first-order valence-corrected chi connectivity index (χ1v) is 5.06. The summed E-state index contributed by atoms with van der Waals surface area (Å²) in [6, 6.07) is 0. The summed E-state index contributed by atoms with van der Waals surface area (Å²) >= 11 is 0. The van der Waals surface area contributed by atoms with Crippen molar-refractivity contribution in [2.24, 2.45) is 0 Å². The average molecular weight is 248 g/mol. The Hall–Kier alpha value is -1.83. The van der Waals surface area contributed by atoms with E-state index in [0.29, 0.717) is 12.8 Å². The molecular weight excluding hydrogens is 232 g/mol. The van der Waals surface area contributed by atoms with E-state index in [2.05, 4.69) is 5.32 Å². The molecule has 8 heteroatoms. The Morgan fingerprint density at radius 2 is 1.82 bits per heavy atom. The number of hydrogen-bond donors (Lipinski definition) is 4. The zero-order valence-electron chi connectivity index (χ0n) is 9.27. The number of rotatable bonds is 8. The van der Waals surface area contributed by atoms with Crippen molar-refractivity contribution in [1.29, 1.82) is 0 Å². The first-order chi connectivity index (χ1) is 8.06. The van der Waals surface area contributed by atoms with E-state index in [1.807, 2.05) is 5.32 Å². The largest absolute Gasteiger partial charge is 0.465 e. The van der Waals surface area contributed by atoms with E-state index in [1.165, 1.54) is 0 Å². The quantitative estimate of drug-likeness (QED) is 0.190. The van der Waals surface area contributed by atoms with Crippen LogP contribution in [-0.4, -0.2) is 48.1 Å². The lowest BCUT2D eigenvalue weighted by Gasteiger charge is -2.05. The van der Waals surface area contributed by atoms with Crippen molar-refractivity contribution >= 4 is 18.0 Å². The molecule has 0 rings (SSSR count). The molecule has 0 aliphatic rings. The molecule has 0 aliphatic carbocycles. The summed E-state index contributed by atoms with van der Waals surface area (Å²) in [5, 5.41) is 20.7. The van der Waals surface area contributed by atoms with Crippen molar-refractivity contribution in [2.75, 3.05) is 19.9 Å². The van der Waals surface area contributed by atoms with Gasteiger partial charge in [0.1, 0.15) is 6.42 Å². The first-order valence-electron chi connectivity index (χ1n) is 5.06. The summed E-state index contributed by atoms with van der Waals surface area (Å²) in [5.41, 5.74) is 0. The predicted octanol–water partition coefficient (Wildman–Crippen LogP) is -0.966. The Balaban J connectivity index is 3.52. The molecule has 0 spiro atoms. The van der Waals surface area contributed by atoms with Gasteiger partial charge in [0, 0.05) is 6.61 Å². The molecule has 0 aromatic carbocycles. The van der Waals surface area contributed by atoms with Crippen LogP contribution in [-0.2, 0) is 14.3 Å². The Kier molecular flexibility index (Phi) is 8.39. The second-order valence-corrected chi connectivity index (χ2v) is 3.09. The Bertz CT molecular complexity index is 268. The van der Waals surface area contributed by atoms with E-state index < -0.39 is 24.4 Å². The number of aliphatic hydroxyl groups is 1. The number of ether oxygens (including phenoxy) is 1. The Morgan fingerprint density at radius 3 is 2.41 bits per heavy atom. The minimum Gasteiger partial charge on any atom is -0.465 e. The van der Waals surface area contributed by atoms with Gasteiger partial charge in [-0.3, -0.25) is 9.59 Å². The van der Waals surface area contributed by atoms with Crippen LogP contribution in [0.1, 0.15) is 19.3 Å². The topological polar surface area (TPSA) is 125 Å². The number of amides is 2. The fourth-order valence-corrected chi connectivity index (χ4v) is 0.863. The highest BCUT2D eigenvalue weighted by molar-refractivity contribution is 5.94. The molecule has 0 fully saturated rings. The maximum absolute atomic E-state index is 11.0. The molecule has 8 nitrogen and oxygen atoms in total. The predicted molar refractivity (Wildman–Crippen MR) is 56.1 cm³/mol. The Labute approximate surface area is 97.9 Å². The summed E-state index contributed by atoms with van der Waals surface area (Å²) in [7, 11) is 0. The maximum atomic E-state index is 11.0. The van der Waals surface area contributed by atoms with Crippen molar-refractivity contribution in [3.63, 3.8) is 0 Å². The molecule has 0 aliphatic heterocycles. The van der Waals surface area contributed by atoms with Crippen LogP contribution >= 0.6 is 0 Å². The van der Waals surface area contributed by atoms with Crippen molar-refractivity contribution in [3.8, 4) is 0 Å². The first kappa shape index (κ1) is 15.2. The lowest BCUT2D eigenvalue weighted by atomic mass is 10.3. The molecule has 2 amide bonds. The van der Waals surface area contributed by atoms with Gasteiger partial charge in [0.2, 0.25) is 5.91 Å². The van der Waals surface area contributed by atoms with Crippen LogP contribution in [0.4, 0.5) is 4.79 Å². The van der Waals surface area contributed by atoms with Crippen molar-refractivity contribution < 1.29 is 29.3 Å². The normalized spacial score (nSPS) is 9.47. The molecule has 0 aromatic heterocycles. The third kappa shape index (κ3) is 10.5. The zero-order chi connectivity index (χ0) is 13.1. The lowest BCUT2D eigenvalue weighted by molar-refractivity contribution is -0.146. The molecule has 0 radical (unpaired) electrons. The van der Waals surface area contributed by atoms with Gasteiger partial charge in [-0.1, -0.05) is 0 Å². The summed E-state index contributed by atoms with van der Waals surface area (Å²) in [6.45, 7) is -0.0785. The number of esters is 1. The van der Waals surface area contributed by atoms with E-state index in [-0.39, 0.29) is 19.9 Å². The number of hydrogen-bond acceptors (Lipinski definition) is 5. The second kappa shape index (κ2) is 9.40. The third-order valence-electron chi connectivity index (χ3n) is 1.65. The van der Waals surface area contributed by atoms with Gasteiger partial charge in [-0.05, 0) is 12.8 Å². The summed E-state index contributed by atoms with van der Waals surface area (Å²) < 4.78 is 4.69. The van der Waals surface area contributed by atoms with E-state index in [4.69, 9.17) is 14.9 Å². The lowest BCUT2D eigenvalue weighted by Crippen LogP contribution is -2.37. The summed E-state index contributed by atoms with van der Waals surface area (Å²) in [6.07, 6.45) is -0.663. The molecule has 0 saturated carbocycles. The number of aliphatic hydroxyl groups excluding tert-OH is 1. The van der Waals surface area contributed by atoms with Crippen LogP contribution in [0.25, 0.3) is 0 Å². The van der Waals surface area contributed by atoms with E-state index >= 15 is 0 Å². The number of carboxylic acid groups (broad SMARTS) is 1. The van der Waals surface area contributed by atoms with Crippen LogP contribution in [0.5, 0.6) is 0 Å². The standard InChI is InChI=1S/C9H16N2O6/c12-3-1-2-4-17-8(14)5-7(13)10-6-11-9(15)16/h11-12H,1-6H2,(H,10,13)(H,15,16). The number of unbranched alkanes of at least 4 members (excludes halogenated alkanes) is 1. The molecule has 17 heavy (non-hydrogen) atoms. The van der Waals surface area contributed by atoms with Crippen molar-refractivity contribution in [2.45, 2.75) is 19.3 Å². The van der Waals surface area contributed by atoms with Crippen LogP contribution in [0.3, 0.4) is 0 Å². The maximum Gasteiger partial charge on any atom is 0.406 e. The zero-order valence-corrected chi connectivity index (χ0v) is 9.27.